The van der Waals surface area contributed by atoms with Gasteiger partial charge in [0.25, 0.3) is 5.91 Å². The molecule has 1 heterocycles. The van der Waals surface area contributed by atoms with Crippen LogP contribution in [0.15, 0.2) is 24.3 Å². The number of carbonyl (C=O) groups excluding carboxylic acids is 1. The smallest absolute Gasteiger partial charge is 0.257 e. The molecule has 2 aromatic rings. The number of aromatic nitrogens is 2. The molecule has 1 N–H and O–H groups in total. The number of ether oxygens (including phenoxy) is 1. The molecule has 0 spiro atoms. The molecule has 2 rings (SSSR count). The van der Waals surface area contributed by atoms with Crippen molar-refractivity contribution in [2.24, 2.45) is 0 Å². The highest BCUT2D eigenvalue weighted by atomic mass is 32.1. The van der Waals surface area contributed by atoms with Crippen LogP contribution in [-0.4, -0.2) is 22.7 Å². The summed E-state index contributed by atoms with van der Waals surface area (Å²) in [6.07, 6.45) is 6.53. The van der Waals surface area contributed by atoms with E-state index < -0.39 is 0 Å². The van der Waals surface area contributed by atoms with Crippen LogP contribution in [0.4, 0.5) is 5.13 Å². The van der Waals surface area contributed by atoms with Crippen LogP contribution in [0, 0.1) is 0 Å². The van der Waals surface area contributed by atoms with E-state index in [1.54, 1.807) is 12.1 Å². The molecule has 0 bridgehead atoms. The van der Waals surface area contributed by atoms with E-state index in [0.717, 1.165) is 36.4 Å². The van der Waals surface area contributed by atoms with Crippen molar-refractivity contribution in [3.63, 3.8) is 0 Å². The van der Waals surface area contributed by atoms with Crippen molar-refractivity contribution in [3.8, 4) is 5.75 Å². The summed E-state index contributed by atoms with van der Waals surface area (Å²) < 4.78 is 5.60. The van der Waals surface area contributed by atoms with E-state index in [1.807, 2.05) is 12.1 Å². The van der Waals surface area contributed by atoms with Crippen molar-refractivity contribution in [2.75, 3.05) is 11.9 Å². The molecular weight excluding hydrogens is 322 g/mol. The fourth-order valence-electron chi connectivity index (χ4n) is 2.14. The molecule has 0 aliphatic carbocycles. The quantitative estimate of drug-likeness (QED) is 0.633. The molecule has 0 atom stereocenters. The molecular formula is C18H25N3O2S. The number of rotatable bonds is 10. The molecule has 0 aliphatic heterocycles. The Kier molecular flexibility index (Phi) is 7.68. The van der Waals surface area contributed by atoms with Gasteiger partial charge in [-0.05, 0) is 37.1 Å². The number of amides is 1. The Hall–Kier alpha value is -1.95. The predicted octanol–water partition coefficient (Wildman–Crippen LogP) is 4.70. The molecule has 0 saturated carbocycles. The van der Waals surface area contributed by atoms with E-state index in [-0.39, 0.29) is 5.91 Å². The first-order chi connectivity index (χ1) is 11.7. The highest BCUT2D eigenvalue weighted by Gasteiger charge is 2.10. The predicted molar refractivity (Wildman–Crippen MR) is 97.9 cm³/mol. The minimum Gasteiger partial charge on any atom is -0.494 e. The second-order valence-electron chi connectivity index (χ2n) is 5.64. The summed E-state index contributed by atoms with van der Waals surface area (Å²) in [5, 5.41) is 12.5. The highest BCUT2D eigenvalue weighted by molar-refractivity contribution is 7.15. The summed E-state index contributed by atoms with van der Waals surface area (Å²) >= 11 is 1.44. The summed E-state index contributed by atoms with van der Waals surface area (Å²) in [5.74, 6) is 0.612. The molecule has 130 valence electrons. The zero-order chi connectivity index (χ0) is 17.2. The lowest BCUT2D eigenvalue weighted by Gasteiger charge is -2.06. The Labute approximate surface area is 147 Å². The van der Waals surface area contributed by atoms with Crippen molar-refractivity contribution in [3.05, 3.63) is 34.8 Å². The second kappa shape index (κ2) is 10.0. The largest absolute Gasteiger partial charge is 0.494 e. The number of carbonyl (C=O) groups is 1. The van der Waals surface area contributed by atoms with Gasteiger partial charge in [-0.15, -0.1) is 10.2 Å². The maximum Gasteiger partial charge on any atom is 0.257 e. The van der Waals surface area contributed by atoms with Crippen LogP contribution in [0.25, 0.3) is 0 Å². The molecule has 0 saturated heterocycles. The number of benzene rings is 1. The molecule has 5 nitrogen and oxygen atoms in total. The molecule has 0 aliphatic rings. The maximum absolute atomic E-state index is 12.2. The average molecular weight is 347 g/mol. The summed E-state index contributed by atoms with van der Waals surface area (Å²) in [6.45, 7) is 5.00. The van der Waals surface area contributed by atoms with Crippen LogP contribution in [0.5, 0.6) is 5.75 Å². The molecule has 0 radical (unpaired) electrons. The molecule has 24 heavy (non-hydrogen) atoms. The van der Waals surface area contributed by atoms with Crippen molar-refractivity contribution in [2.45, 2.75) is 52.4 Å². The molecule has 1 amide bonds. The molecule has 1 aromatic heterocycles. The van der Waals surface area contributed by atoms with Crippen molar-refractivity contribution in [1.82, 2.24) is 10.2 Å². The van der Waals surface area contributed by atoms with Gasteiger partial charge in [0.1, 0.15) is 10.8 Å². The minimum atomic E-state index is -0.175. The van der Waals surface area contributed by atoms with Crippen LogP contribution in [-0.2, 0) is 6.42 Å². The van der Waals surface area contributed by atoms with Crippen LogP contribution >= 0.6 is 11.3 Å². The van der Waals surface area contributed by atoms with Gasteiger partial charge in [0.15, 0.2) is 0 Å². The fraction of sp³-hybridized carbons (Fsp3) is 0.500. The Morgan fingerprint density at radius 1 is 1.08 bits per heavy atom. The van der Waals surface area contributed by atoms with E-state index in [0.29, 0.717) is 17.3 Å². The van der Waals surface area contributed by atoms with Gasteiger partial charge in [0, 0.05) is 12.0 Å². The van der Waals surface area contributed by atoms with E-state index in [4.69, 9.17) is 4.74 Å². The number of anilines is 1. The average Bonchev–Trinajstić information content (AvgIpc) is 3.03. The van der Waals surface area contributed by atoms with Crippen LogP contribution in [0.3, 0.4) is 0 Å². The Bertz CT molecular complexity index is 625. The van der Waals surface area contributed by atoms with E-state index >= 15 is 0 Å². The Balaban J connectivity index is 1.85. The lowest BCUT2D eigenvalue weighted by molar-refractivity contribution is 0.102. The fourth-order valence-corrected chi connectivity index (χ4v) is 2.91. The first-order valence-corrected chi connectivity index (χ1v) is 9.41. The van der Waals surface area contributed by atoms with Crippen LogP contribution in [0.1, 0.15) is 61.3 Å². The summed E-state index contributed by atoms with van der Waals surface area (Å²) in [5.41, 5.74) is 0.584. The zero-order valence-electron chi connectivity index (χ0n) is 14.4. The minimum absolute atomic E-state index is 0.175. The van der Waals surface area contributed by atoms with Gasteiger partial charge >= 0.3 is 0 Å². The van der Waals surface area contributed by atoms with Gasteiger partial charge in [-0.25, -0.2) is 0 Å². The Morgan fingerprint density at radius 3 is 2.54 bits per heavy atom. The molecule has 0 unspecified atom stereocenters. The van der Waals surface area contributed by atoms with Gasteiger partial charge < -0.3 is 4.74 Å². The van der Waals surface area contributed by atoms with Gasteiger partial charge in [-0.2, -0.15) is 0 Å². The van der Waals surface area contributed by atoms with Crippen molar-refractivity contribution < 1.29 is 9.53 Å². The number of nitrogens with zero attached hydrogens (tertiary/aromatic N) is 2. The molecule has 1 aromatic carbocycles. The van der Waals surface area contributed by atoms with E-state index in [2.05, 4.69) is 29.4 Å². The lowest BCUT2D eigenvalue weighted by Crippen LogP contribution is -2.11. The standard InChI is InChI=1S/C18H25N3O2S/c1-3-5-7-8-16-20-21-18(24-16)19-17(22)14-9-11-15(12-10-14)23-13-6-4-2/h9-12H,3-8,13H2,1-2H3,(H,19,21,22). The number of hydrogen-bond donors (Lipinski definition) is 1. The van der Waals surface area contributed by atoms with Crippen molar-refractivity contribution >= 4 is 22.4 Å². The van der Waals surface area contributed by atoms with Crippen LogP contribution < -0.4 is 10.1 Å². The summed E-state index contributed by atoms with van der Waals surface area (Å²) in [6, 6.07) is 7.17. The van der Waals surface area contributed by atoms with Gasteiger partial charge in [0.2, 0.25) is 5.13 Å². The van der Waals surface area contributed by atoms with Crippen molar-refractivity contribution in [1.29, 1.82) is 0 Å². The SMILES string of the molecule is CCCCCc1nnc(NC(=O)c2ccc(OCCCC)cc2)s1. The maximum atomic E-state index is 12.2. The van der Waals surface area contributed by atoms with Gasteiger partial charge in [0.05, 0.1) is 6.61 Å². The topological polar surface area (TPSA) is 64.1 Å². The third-order valence-corrected chi connectivity index (χ3v) is 4.46. The first-order valence-electron chi connectivity index (χ1n) is 8.59. The van der Waals surface area contributed by atoms with E-state index in [9.17, 15) is 4.79 Å². The number of unbranched alkanes of at least 4 members (excludes halogenated alkanes) is 3. The summed E-state index contributed by atoms with van der Waals surface area (Å²) in [7, 11) is 0. The number of hydrogen-bond acceptors (Lipinski definition) is 5. The first kappa shape index (κ1) is 18.4. The van der Waals surface area contributed by atoms with Gasteiger partial charge in [-0.3, -0.25) is 10.1 Å². The number of aryl methyl sites for hydroxylation is 1. The monoisotopic (exact) mass is 347 g/mol. The molecule has 6 heteroatoms. The third-order valence-electron chi connectivity index (χ3n) is 3.56. The normalized spacial score (nSPS) is 10.6. The van der Waals surface area contributed by atoms with Crippen LogP contribution in [0.2, 0.25) is 0 Å². The Morgan fingerprint density at radius 2 is 1.83 bits per heavy atom. The molecule has 0 fully saturated rings. The lowest BCUT2D eigenvalue weighted by atomic mass is 10.2. The number of nitrogens with one attached hydrogen (secondary N) is 1. The highest BCUT2D eigenvalue weighted by Crippen LogP contribution is 2.19. The zero-order valence-corrected chi connectivity index (χ0v) is 15.2. The summed E-state index contributed by atoms with van der Waals surface area (Å²) in [4.78, 5) is 12.2. The third kappa shape index (κ3) is 5.92. The second-order valence-corrected chi connectivity index (χ2v) is 6.70. The van der Waals surface area contributed by atoms with E-state index in [1.165, 1.54) is 24.2 Å². The van der Waals surface area contributed by atoms with Gasteiger partial charge in [-0.1, -0.05) is 44.4 Å².